The van der Waals surface area contributed by atoms with Crippen LogP contribution in [0.3, 0.4) is 0 Å². The standard InChI is InChI=1S/C16H17NO/c1-12-6-9-16(18)17(12)11-13-7-8-14-4-2-3-5-15(14)10-13/h2-5,7-8,10,12H,6,9,11H2,1H3. The fraction of sp³-hybridized carbons (Fsp3) is 0.312. The number of hydrogen-bond donors (Lipinski definition) is 0. The van der Waals surface area contributed by atoms with Crippen molar-refractivity contribution in [2.45, 2.75) is 32.4 Å². The molecule has 0 saturated carbocycles. The second-order valence-corrected chi connectivity index (χ2v) is 5.09. The number of benzene rings is 2. The zero-order valence-corrected chi connectivity index (χ0v) is 10.6. The van der Waals surface area contributed by atoms with E-state index in [0.717, 1.165) is 13.0 Å². The van der Waals surface area contributed by atoms with Crippen LogP contribution in [0, 0.1) is 0 Å². The maximum atomic E-state index is 11.8. The first-order valence-corrected chi connectivity index (χ1v) is 6.51. The van der Waals surface area contributed by atoms with Crippen molar-refractivity contribution in [3.63, 3.8) is 0 Å². The van der Waals surface area contributed by atoms with Gasteiger partial charge in [0.2, 0.25) is 5.91 Å². The van der Waals surface area contributed by atoms with Gasteiger partial charge in [-0.05, 0) is 35.7 Å². The third-order valence-electron chi connectivity index (χ3n) is 3.80. The Bertz CT molecular complexity index is 590. The van der Waals surface area contributed by atoms with Crippen molar-refractivity contribution in [1.29, 1.82) is 0 Å². The predicted molar refractivity (Wildman–Crippen MR) is 73.2 cm³/mol. The van der Waals surface area contributed by atoms with Crippen LogP contribution in [0.1, 0.15) is 25.3 Å². The van der Waals surface area contributed by atoms with E-state index >= 15 is 0 Å². The molecule has 18 heavy (non-hydrogen) atoms. The Labute approximate surface area is 107 Å². The van der Waals surface area contributed by atoms with Crippen molar-refractivity contribution in [1.82, 2.24) is 4.90 Å². The lowest BCUT2D eigenvalue weighted by Gasteiger charge is -2.21. The molecule has 3 rings (SSSR count). The molecule has 2 heteroatoms. The molecule has 2 aromatic carbocycles. The number of hydrogen-bond acceptors (Lipinski definition) is 1. The molecule has 0 spiro atoms. The normalized spacial score (nSPS) is 19.7. The van der Waals surface area contributed by atoms with Crippen molar-refractivity contribution in [2.24, 2.45) is 0 Å². The first kappa shape index (κ1) is 11.3. The number of fused-ring (bicyclic) bond motifs is 1. The van der Waals surface area contributed by atoms with Gasteiger partial charge in [0.05, 0.1) is 0 Å². The van der Waals surface area contributed by atoms with Gasteiger partial charge >= 0.3 is 0 Å². The first-order chi connectivity index (χ1) is 8.74. The highest BCUT2D eigenvalue weighted by Gasteiger charge is 2.27. The predicted octanol–water partition coefficient (Wildman–Crippen LogP) is 3.35. The summed E-state index contributed by atoms with van der Waals surface area (Å²) < 4.78 is 0. The molecule has 2 aromatic rings. The average Bonchev–Trinajstić information content (AvgIpc) is 2.70. The van der Waals surface area contributed by atoms with Crippen LogP contribution in [-0.4, -0.2) is 16.8 Å². The minimum absolute atomic E-state index is 0.288. The van der Waals surface area contributed by atoms with Gasteiger partial charge in [0.15, 0.2) is 0 Å². The van der Waals surface area contributed by atoms with Crippen molar-refractivity contribution in [3.8, 4) is 0 Å². The van der Waals surface area contributed by atoms with Crippen LogP contribution >= 0.6 is 0 Å². The second-order valence-electron chi connectivity index (χ2n) is 5.09. The number of amides is 1. The van der Waals surface area contributed by atoms with E-state index in [9.17, 15) is 4.79 Å². The topological polar surface area (TPSA) is 20.3 Å². The van der Waals surface area contributed by atoms with Gasteiger partial charge in [0.1, 0.15) is 0 Å². The van der Waals surface area contributed by atoms with Crippen LogP contribution in [0.5, 0.6) is 0 Å². The maximum Gasteiger partial charge on any atom is 0.223 e. The number of carbonyl (C=O) groups excluding carboxylic acids is 1. The molecule has 0 bridgehead atoms. The molecular formula is C16H17NO. The zero-order valence-electron chi connectivity index (χ0n) is 10.6. The van der Waals surface area contributed by atoms with Crippen LogP contribution in [0.15, 0.2) is 42.5 Å². The lowest BCUT2D eigenvalue weighted by Crippen LogP contribution is -2.30. The van der Waals surface area contributed by atoms with Crippen molar-refractivity contribution in [2.75, 3.05) is 0 Å². The van der Waals surface area contributed by atoms with Gasteiger partial charge < -0.3 is 4.90 Å². The highest BCUT2D eigenvalue weighted by Crippen LogP contribution is 2.22. The van der Waals surface area contributed by atoms with Crippen LogP contribution in [0.25, 0.3) is 10.8 Å². The van der Waals surface area contributed by atoms with E-state index in [1.807, 2.05) is 11.0 Å². The smallest absolute Gasteiger partial charge is 0.223 e. The Morgan fingerprint density at radius 3 is 2.67 bits per heavy atom. The molecule has 1 saturated heterocycles. The van der Waals surface area contributed by atoms with E-state index in [0.29, 0.717) is 12.5 Å². The molecule has 1 unspecified atom stereocenters. The zero-order chi connectivity index (χ0) is 12.5. The Hall–Kier alpha value is -1.83. The SMILES string of the molecule is CC1CCC(=O)N1Cc1ccc2ccccc2c1. The molecule has 1 aliphatic rings. The molecule has 1 fully saturated rings. The number of likely N-dealkylation sites (tertiary alicyclic amines) is 1. The van der Waals surface area contributed by atoms with Crippen molar-refractivity contribution >= 4 is 16.7 Å². The maximum absolute atomic E-state index is 11.8. The van der Waals surface area contributed by atoms with Crippen LogP contribution in [-0.2, 0) is 11.3 Å². The third-order valence-corrected chi connectivity index (χ3v) is 3.80. The minimum Gasteiger partial charge on any atom is -0.336 e. The molecule has 1 aliphatic heterocycles. The number of carbonyl (C=O) groups is 1. The lowest BCUT2D eigenvalue weighted by molar-refractivity contribution is -0.129. The Morgan fingerprint density at radius 2 is 1.94 bits per heavy atom. The molecule has 1 amide bonds. The Balaban J connectivity index is 1.88. The summed E-state index contributed by atoms with van der Waals surface area (Å²) >= 11 is 0. The summed E-state index contributed by atoms with van der Waals surface area (Å²) in [7, 11) is 0. The Morgan fingerprint density at radius 1 is 1.17 bits per heavy atom. The fourth-order valence-corrected chi connectivity index (χ4v) is 2.66. The van der Waals surface area contributed by atoms with Gasteiger partial charge in [-0.25, -0.2) is 0 Å². The quantitative estimate of drug-likeness (QED) is 0.787. The molecular weight excluding hydrogens is 222 g/mol. The van der Waals surface area contributed by atoms with E-state index in [2.05, 4.69) is 43.3 Å². The van der Waals surface area contributed by atoms with E-state index < -0.39 is 0 Å². The monoisotopic (exact) mass is 239 g/mol. The van der Waals surface area contributed by atoms with Crippen molar-refractivity contribution < 1.29 is 4.79 Å². The van der Waals surface area contributed by atoms with Gasteiger partial charge in [-0.3, -0.25) is 4.79 Å². The summed E-state index contributed by atoms with van der Waals surface area (Å²) in [6.45, 7) is 2.87. The van der Waals surface area contributed by atoms with E-state index in [4.69, 9.17) is 0 Å². The highest BCUT2D eigenvalue weighted by atomic mass is 16.2. The van der Waals surface area contributed by atoms with Gasteiger partial charge in [0.25, 0.3) is 0 Å². The summed E-state index contributed by atoms with van der Waals surface area (Å²) in [5.41, 5.74) is 1.22. The number of nitrogens with zero attached hydrogens (tertiary/aromatic N) is 1. The van der Waals surface area contributed by atoms with Gasteiger partial charge in [-0.2, -0.15) is 0 Å². The van der Waals surface area contributed by atoms with E-state index in [-0.39, 0.29) is 5.91 Å². The average molecular weight is 239 g/mol. The molecule has 0 aromatic heterocycles. The summed E-state index contributed by atoms with van der Waals surface area (Å²) in [6, 6.07) is 15.2. The summed E-state index contributed by atoms with van der Waals surface area (Å²) in [6.07, 6.45) is 1.70. The minimum atomic E-state index is 0.288. The van der Waals surface area contributed by atoms with Gasteiger partial charge in [-0.1, -0.05) is 36.4 Å². The lowest BCUT2D eigenvalue weighted by atomic mass is 10.1. The van der Waals surface area contributed by atoms with Crippen LogP contribution in [0.4, 0.5) is 0 Å². The summed E-state index contributed by atoms with van der Waals surface area (Å²) in [5, 5.41) is 2.50. The van der Waals surface area contributed by atoms with Gasteiger partial charge in [0, 0.05) is 19.0 Å². The third kappa shape index (κ3) is 1.99. The summed E-state index contributed by atoms with van der Waals surface area (Å²) in [5.74, 6) is 0.288. The fourth-order valence-electron chi connectivity index (χ4n) is 2.66. The Kier molecular flexibility index (Phi) is 2.78. The highest BCUT2D eigenvalue weighted by molar-refractivity contribution is 5.83. The molecule has 0 radical (unpaired) electrons. The van der Waals surface area contributed by atoms with Gasteiger partial charge in [-0.15, -0.1) is 0 Å². The van der Waals surface area contributed by atoms with Crippen LogP contribution < -0.4 is 0 Å². The summed E-state index contributed by atoms with van der Waals surface area (Å²) in [4.78, 5) is 13.8. The molecule has 1 atom stereocenters. The number of rotatable bonds is 2. The second kappa shape index (κ2) is 4.45. The molecule has 1 heterocycles. The molecule has 92 valence electrons. The molecule has 0 N–H and O–H groups in total. The molecule has 2 nitrogen and oxygen atoms in total. The van der Waals surface area contributed by atoms with Crippen molar-refractivity contribution in [3.05, 3.63) is 48.0 Å². The molecule has 0 aliphatic carbocycles. The van der Waals surface area contributed by atoms with E-state index in [1.165, 1.54) is 16.3 Å². The largest absolute Gasteiger partial charge is 0.336 e. The van der Waals surface area contributed by atoms with Crippen LogP contribution in [0.2, 0.25) is 0 Å². The first-order valence-electron chi connectivity index (χ1n) is 6.51. The van der Waals surface area contributed by atoms with E-state index in [1.54, 1.807) is 0 Å².